The molecule has 0 aliphatic rings. The summed E-state index contributed by atoms with van der Waals surface area (Å²) in [6.45, 7) is 3.69. The van der Waals surface area contributed by atoms with Crippen molar-refractivity contribution < 1.29 is 18.7 Å². The number of carboxylic acid groups (broad SMARTS) is 1. The maximum absolute atomic E-state index is 14.0. The third-order valence-corrected chi connectivity index (χ3v) is 3.18. The molecule has 19 heavy (non-hydrogen) atoms. The Hall–Kier alpha value is -2.23. The van der Waals surface area contributed by atoms with Gasteiger partial charge in [-0.3, -0.25) is 0 Å². The van der Waals surface area contributed by atoms with E-state index in [9.17, 15) is 13.6 Å². The van der Waals surface area contributed by atoms with Crippen LogP contribution in [0.2, 0.25) is 0 Å². The molecule has 0 spiro atoms. The van der Waals surface area contributed by atoms with E-state index in [2.05, 4.69) is 0 Å². The highest BCUT2D eigenvalue weighted by Crippen LogP contribution is 2.29. The monoisotopic (exact) mass is 262 g/mol. The number of carbonyl (C=O) groups is 1. The van der Waals surface area contributed by atoms with Gasteiger partial charge in [-0.15, -0.1) is 0 Å². The fourth-order valence-corrected chi connectivity index (χ4v) is 1.96. The molecule has 0 unspecified atom stereocenters. The van der Waals surface area contributed by atoms with Crippen molar-refractivity contribution in [1.29, 1.82) is 0 Å². The zero-order valence-electron chi connectivity index (χ0n) is 10.5. The summed E-state index contributed by atoms with van der Waals surface area (Å²) in [5.41, 5.74) is 1.77. The molecule has 0 saturated carbocycles. The average Bonchev–Trinajstić information content (AvgIpc) is 2.35. The lowest BCUT2D eigenvalue weighted by Crippen LogP contribution is -2.03. The topological polar surface area (TPSA) is 37.3 Å². The molecule has 2 nitrogen and oxygen atoms in total. The highest BCUT2D eigenvalue weighted by Gasteiger charge is 2.17. The highest BCUT2D eigenvalue weighted by atomic mass is 19.1. The minimum absolute atomic E-state index is 0.0729. The van der Waals surface area contributed by atoms with Gasteiger partial charge in [0.15, 0.2) is 0 Å². The van der Waals surface area contributed by atoms with Gasteiger partial charge in [-0.25, -0.2) is 13.6 Å². The van der Waals surface area contributed by atoms with Crippen LogP contribution in [0.4, 0.5) is 8.78 Å². The van der Waals surface area contributed by atoms with Crippen molar-refractivity contribution in [2.24, 2.45) is 0 Å². The van der Waals surface area contributed by atoms with Crippen molar-refractivity contribution in [3.8, 4) is 11.1 Å². The standard InChI is InChI=1S/C15H12F2O2/c1-8-4-3-5-10(9(8)2)11-6-14(17)12(15(18)19)7-13(11)16/h3-7H,1-2H3,(H,18,19). The Morgan fingerprint density at radius 1 is 1.05 bits per heavy atom. The highest BCUT2D eigenvalue weighted by molar-refractivity contribution is 5.89. The second-order valence-corrected chi connectivity index (χ2v) is 4.36. The van der Waals surface area contributed by atoms with Crippen LogP contribution < -0.4 is 0 Å². The third-order valence-electron chi connectivity index (χ3n) is 3.18. The Bertz CT molecular complexity index is 663. The Morgan fingerprint density at radius 3 is 2.37 bits per heavy atom. The van der Waals surface area contributed by atoms with Crippen LogP contribution in [0.1, 0.15) is 21.5 Å². The van der Waals surface area contributed by atoms with Gasteiger partial charge in [-0.05, 0) is 42.7 Å². The summed E-state index contributed by atoms with van der Waals surface area (Å²) in [5, 5.41) is 8.74. The van der Waals surface area contributed by atoms with Gasteiger partial charge in [-0.2, -0.15) is 0 Å². The van der Waals surface area contributed by atoms with Crippen LogP contribution in [0.5, 0.6) is 0 Å². The van der Waals surface area contributed by atoms with Gasteiger partial charge in [-0.1, -0.05) is 18.2 Å². The molecule has 0 saturated heterocycles. The molecule has 0 radical (unpaired) electrons. The van der Waals surface area contributed by atoms with E-state index in [0.29, 0.717) is 5.56 Å². The number of rotatable bonds is 2. The second-order valence-electron chi connectivity index (χ2n) is 4.36. The van der Waals surface area contributed by atoms with Gasteiger partial charge in [0.2, 0.25) is 0 Å². The average molecular weight is 262 g/mol. The van der Waals surface area contributed by atoms with E-state index < -0.39 is 23.2 Å². The number of hydrogen-bond acceptors (Lipinski definition) is 1. The first-order chi connectivity index (χ1) is 8.91. The zero-order chi connectivity index (χ0) is 14.2. The molecule has 0 aromatic heterocycles. The van der Waals surface area contributed by atoms with Crippen LogP contribution in [0.15, 0.2) is 30.3 Å². The number of halogens is 2. The largest absolute Gasteiger partial charge is 0.478 e. The van der Waals surface area contributed by atoms with E-state index in [-0.39, 0.29) is 5.56 Å². The van der Waals surface area contributed by atoms with Crippen molar-refractivity contribution in [3.05, 3.63) is 58.7 Å². The van der Waals surface area contributed by atoms with Gasteiger partial charge in [0.05, 0.1) is 5.56 Å². The van der Waals surface area contributed by atoms with Crippen LogP contribution >= 0.6 is 0 Å². The molecule has 0 atom stereocenters. The lowest BCUT2D eigenvalue weighted by atomic mass is 9.95. The Kier molecular flexibility index (Phi) is 3.34. The second kappa shape index (κ2) is 4.80. The normalized spacial score (nSPS) is 10.5. The van der Waals surface area contributed by atoms with E-state index in [0.717, 1.165) is 23.3 Å². The minimum atomic E-state index is -1.48. The zero-order valence-corrected chi connectivity index (χ0v) is 10.5. The molecule has 0 bridgehead atoms. The first-order valence-electron chi connectivity index (χ1n) is 5.70. The predicted octanol–water partition coefficient (Wildman–Crippen LogP) is 3.95. The van der Waals surface area contributed by atoms with Crippen LogP contribution in [0.3, 0.4) is 0 Å². The number of aromatic carboxylic acids is 1. The summed E-state index contributed by atoms with van der Waals surface area (Å²) in [4.78, 5) is 10.7. The van der Waals surface area contributed by atoms with Gasteiger partial charge in [0.25, 0.3) is 0 Å². The molecule has 98 valence electrons. The van der Waals surface area contributed by atoms with Crippen LogP contribution in [0, 0.1) is 25.5 Å². The van der Waals surface area contributed by atoms with Gasteiger partial charge < -0.3 is 5.11 Å². The van der Waals surface area contributed by atoms with E-state index in [1.165, 1.54) is 0 Å². The van der Waals surface area contributed by atoms with Crippen LogP contribution in [-0.4, -0.2) is 11.1 Å². The molecule has 0 heterocycles. The summed E-state index contributed by atoms with van der Waals surface area (Å²) in [6.07, 6.45) is 0. The molecule has 2 aromatic rings. The lowest BCUT2D eigenvalue weighted by Gasteiger charge is -2.11. The molecule has 0 aliphatic heterocycles. The van der Waals surface area contributed by atoms with E-state index in [4.69, 9.17) is 5.11 Å². The van der Waals surface area contributed by atoms with Crippen molar-refractivity contribution >= 4 is 5.97 Å². The molecule has 0 amide bonds. The quantitative estimate of drug-likeness (QED) is 0.889. The maximum atomic E-state index is 14.0. The number of benzene rings is 2. The lowest BCUT2D eigenvalue weighted by molar-refractivity contribution is 0.0691. The van der Waals surface area contributed by atoms with E-state index in [1.807, 2.05) is 19.9 Å². The van der Waals surface area contributed by atoms with Gasteiger partial charge in [0, 0.05) is 5.56 Å². The van der Waals surface area contributed by atoms with E-state index >= 15 is 0 Å². The van der Waals surface area contributed by atoms with Crippen LogP contribution in [0.25, 0.3) is 11.1 Å². The third kappa shape index (κ3) is 2.34. The minimum Gasteiger partial charge on any atom is -0.478 e. The molecule has 1 N–H and O–H groups in total. The Morgan fingerprint density at radius 2 is 1.74 bits per heavy atom. The maximum Gasteiger partial charge on any atom is 0.338 e. The number of hydrogen-bond donors (Lipinski definition) is 1. The first-order valence-corrected chi connectivity index (χ1v) is 5.70. The van der Waals surface area contributed by atoms with Crippen molar-refractivity contribution in [3.63, 3.8) is 0 Å². The molecule has 0 fully saturated rings. The van der Waals surface area contributed by atoms with Gasteiger partial charge >= 0.3 is 5.97 Å². The summed E-state index contributed by atoms with van der Waals surface area (Å²) in [6, 6.07) is 6.95. The summed E-state index contributed by atoms with van der Waals surface area (Å²) in [7, 11) is 0. The van der Waals surface area contributed by atoms with Crippen molar-refractivity contribution in [1.82, 2.24) is 0 Å². The molecule has 2 aromatic carbocycles. The van der Waals surface area contributed by atoms with Gasteiger partial charge in [0.1, 0.15) is 11.6 Å². The summed E-state index contributed by atoms with van der Waals surface area (Å²) < 4.78 is 27.6. The number of aryl methyl sites for hydroxylation is 1. The van der Waals surface area contributed by atoms with Crippen molar-refractivity contribution in [2.75, 3.05) is 0 Å². The summed E-state index contributed by atoms with van der Waals surface area (Å²) >= 11 is 0. The SMILES string of the molecule is Cc1cccc(-c2cc(F)c(C(=O)O)cc2F)c1C. The molecule has 0 aliphatic carbocycles. The molecular weight excluding hydrogens is 250 g/mol. The van der Waals surface area contributed by atoms with Crippen molar-refractivity contribution in [2.45, 2.75) is 13.8 Å². The fraction of sp³-hybridized carbons (Fsp3) is 0.133. The molecule has 2 rings (SSSR count). The van der Waals surface area contributed by atoms with E-state index in [1.54, 1.807) is 12.1 Å². The molecule has 4 heteroatoms. The Labute approximate surface area is 109 Å². The summed E-state index contributed by atoms with van der Waals surface area (Å²) in [5.74, 6) is -3.17. The Balaban J connectivity index is 2.67. The predicted molar refractivity (Wildman–Crippen MR) is 68.2 cm³/mol. The smallest absolute Gasteiger partial charge is 0.338 e. The van der Waals surface area contributed by atoms with Crippen LogP contribution in [-0.2, 0) is 0 Å². The fourth-order valence-electron chi connectivity index (χ4n) is 1.96. The number of carboxylic acids is 1. The first kappa shape index (κ1) is 13.2. The molecular formula is C15H12F2O2.